The molecule has 1 heterocycles. The summed E-state index contributed by atoms with van der Waals surface area (Å²) in [6.45, 7) is 4.30. The Labute approximate surface area is 220 Å². The second-order valence-electron chi connectivity index (χ2n) is 9.47. The summed E-state index contributed by atoms with van der Waals surface area (Å²) in [5.41, 5.74) is 4.72. The van der Waals surface area contributed by atoms with Crippen molar-refractivity contribution in [1.82, 2.24) is 4.98 Å². The highest BCUT2D eigenvalue weighted by atomic mass is 32.3. The topological polar surface area (TPSA) is 12.9 Å². The van der Waals surface area contributed by atoms with Crippen LogP contribution in [0.3, 0.4) is 0 Å². The average Bonchev–Trinajstić information content (AvgIpc) is 2.94. The maximum absolute atomic E-state index is 4.83. The molecule has 37 heavy (non-hydrogen) atoms. The molecule has 5 aromatic carbocycles. The summed E-state index contributed by atoms with van der Waals surface area (Å²) in [4.78, 5) is 10.1. The van der Waals surface area contributed by atoms with Crippen molar-refractivity contribution in [2.75, 3.05) is 0 Å². The molecule has 0 amide bonds. The third kappa shape index (κ3) is 4.14. The number of rotatable bonds is 5. The van der Waals surface area contributed by atoms with Gasteiger partial charge in [-0.05, 0) is 86.0 Å². The summed E-state index contributed by atoms with van der Waals surface area (Å²) in [6.07, 6.45) is 1.95. The molecular formula is C35H29NS. The van der Waals surface area contributed by atoms with Crippen LogP contribution in [0.2, 0.25) is 0 Å². The molecule has 0 spiro atoms. The maximum Gasteiger partial charge on any atom is 0.0780 e. The smallest absolute Gasteiger partial charge is 0.0780 e. The fraction of sp³-hybridized carbons (Fsp3) is 0.0571. The van der Waals surface area contributed by atoms with Crippen LogP contribution in [-0.4, -0.2) is 4.98 Å². The number of nitrogens with zero attached hydrogens (tertiary/aromatic N) is 1. The Hall–Kier alpha value is -4.14. The van der Waals surface area contributed by atoms with E-state index in [4.69, 9.17) is 4.98 Å². The molecule has 0 saturated carbocycles. The van der Waals surface area contributed by atoms with Crippen LogP contribution in [0.5, 0.6) is 0 Å². The van der Waals surface area contributed by atoms with E-state index in [1.54, 1.807) is 0 Å². The Bertz CT molecular complexity index is 1560. The number of pyridine rings is 1. The van der Waals surface area contributed by atoms with E-state index in [2.05, 4.69) is 147 Å². The number of hydrogen-bond acceptors (Lipinski definition) is 1. The summed E-state index contributed by atoms with van der Waals surface area (Å²) in [5, 5.41) is 2.39. The molecule has 0 saturated heterocycles. The maximum atomic E-state index is 4.83. The molecule has 0 bridgehead atoms. The van der Waals surface area contributed by atoms with Crippen LogP contribution in [0.15, 0.2) is 159 Å². The van der Waals surface area contributed by atoms with Crippen molar-refractivity contribution >= 4 is 20.8 Å². The predicted molar refractivity (Wildman–Crippen MR) is 157 cm³/mol. The summed E-state index contributed by atoms with van der Waals surface area (Å²) >= 11 is 0. The molecule has 6 rings (SSSR count). The molecule has 0 fully saturated rings. The van der Waals surface area contributed by atoms with Gasteiger partial charge in [0, 0.05) is 36.7 Å². The molecule has 1 aromatic heterocycles. The Morgan fingerprint density at radius 2 is 1.00 bits per heavy atom. The molecule has 0 aliphatic rings. The molecule has 1 nitrogen and oxygen atoms in total. The van der Waals surface area contributed by atoms with Crippen LogP contribution < -0.4 is 0 Å². The second kappa shape index (κ2) is 9.72. The first-order valence-electron chi connectivity index (χ1n) is 12.6. The molecule has 2 heteroatoms. The van der Waals surface area contributed by atoms with Crippen LogP contribution in [0.25, 0.3) is 22.0 Å². The number of benzene rings is 5. The number of aromatic nitrogens is 1. The number of hydrogen-bond donors (Lipinski definition) is 0. The van der Waals surface area contributed by atoms with E-state index in [1.165, 1.54) is 47.0 Å². The van der Waals surface area contributed by atoms with Crippen molar-refractivity contribution in [3.05, 3.63) is 151 Å². The van der Waals surface area contributed by atoms with Gasteiger partial charge in [0.15, 0.2) is 0 Å². The van der Waals surface area contributed by atoms with Gasteiger partial charge in [0.25, 0.3) is 0 Å². The molecule has 180 valence electrons. The van der Waals surface area contributed by atoms with Crippen LogP contribution in [0.4, 0.5) is 0 Å². The first-order valence-corrected chi connectivity index (χ1v) is 14.3. The lowest BCUT2D eigenvalue weighted by molar-refractivity contribution is 1.24. The van der Waals surface area contributed by atoms with Crippen molar-refractivity contribution in [1.29, 1.82) is 0 Å². The summed E-state index contributed by atoms with van der Waals surface area (Å²) in [7, 11) is -1.71. The minimum Gasteiger partial charge on any atom is -0.256 e. The van der Waals surface area contributed by atoms with E-state index >= 15 is 0 Å². The summed E-state index contributed by atoms with van der Waals surface area (Å²) in [6, 6.07) is 48.8. The van der Waals surface area contributed by atoms with E-state index in [1.807, 2.05) is 6.20 Å². The monoisotopic (exact) mass is 495 g/mol. The van der Waals surface area contributed by atoms with Crippen molar-refractivity contribution in [3.8, 4) is 11.3 Å². The van der Waals surface area contributed by atoms with Gasteiger partial charge in [-0.3, -0.25) is 4.98 Å². The molecule has 0 radical (unpaired) electrons. The largest absolute Gasteiger partial charge is 0.256 e. The van der Waals surface area contributed by atoms with Crippen molar-refractivity contribution < 1.29 is 0 Å². The van der Waals surface area contributed by atoms with E-state index in [9.17, 15) is 0 Å². The average molecular weight is 496 g/mol. The first-order chi connectivity index (χ1) is 18.2. The fourth-order valence-electron chi connectivity index (χ4n) is 5.38. The van der Waals surface area contributed by atoms with Crippen LogP contribution in [0, 0.1) is 13.8 Å². The lowest BCUT2D eigenvalue weighted by atomic mass is 10.0. The van der Waals surface area contributed by atoms with E-state index in [-0.39, 0.29) is 0 Å². The second-order valence-corrected chi connectivity index (χ2v) is 12.6. The SMILES string of the molecule is Cc1cc(C)cc(-c2nccc3cc(S(c4ccccc4)(c4ccccc4)c4ccccc4)ccc23)c1. The highest BCUT2D eigenvalue weighted by molar-refractivity contribution is 8.34. The predicted octanol–water partition coefficient (Wildman–Crippen LogP) is 9.86. The minimum absolute atomic E-state index is 1.04. The van der Waals surface area contributed by atoms with Gasteiger partial charge in [-0.25, -0.2) is 0 Å². The van der Waals surface area contributed by atoms with E-state index in [0.29, 0.717) is 0 Å². The van der Waals surface area contributed by atoms with E-state index in [0.717, 1.165) is 5.69 Å². The molecule has 0 N–H and O–H groups in total. The van der Waals surface area contributed by atoms with Gasteiger partial charge in [0.1, 0.15) is 0 Å². The van der Waals surface area contributed by atoms with Gasteiger partial charge in [0.2, 0.25) is 0 Å². The first kappa shape index (κ1) is 23.3. The molecule has 0 unspecified atom stereocenters. The van der Waals surface area contributed by atoms with Gasteiger partial charge in [0.05, 0.1) is 5.69 Å². The minimum atomic E-state index is -1.71. The van der Waals surface area contributed by atoms with Gasteiger partial charge >= 0.3 is 0 Å². The van der Waals surface area contributed by atoms with Gasteiger partial charge in [-0.15, -0.1) is 10.0 Å². The molecule has 0 aliphatic carbocycles. The standard InChI is InChI=1S/C35H29NS/c1-26-22-27(2)24-29(23-26)35-34-19-18-33(25-28(34)20-21-36-35)37(30-12-6-3-7-13-30,31-14-8-4-9-15-31)32-16-10-5-11-17-32/h3-25H,1-2H3. The van der Waals surface area contributed by atoms with Crippen molar-refractivity contribution in [2.45, 2.75) is 33.4 Å². The lowest BCUT2D eigenvalue weighted by Gasteiger charge is -2.42. The molecular weight excluding hydrogens is 466 g/mol. The normalized spacial score (nSPS) is 11.9. The summed E-state index contributed by atoms with van der Waals surface area (Å²) < 4.78 is 0. The molecule has 0 aliphatic heterocycles. The quantitative estimate of drug-likeness (QED) is 0.232. The van der Waals surface area contributed by atoms with Crippen molar-refractivity contribution in [3.63, 3.8) is 0 Å². The van der Waals surface area contributed by atoms with Crippen LogP contribution in [0.1, 0.15) is 11.1 Å². The zero-order chi connectivity index (χ0) is 25.2. The van der Waals surface area contributed by atoms with Crippen LogP contribution in [-0.2, 0) is 0 Å². The molecule has 6 aromatic rings. The fourth-order valence-corrected chi connectivity index (χ4v) is 9.28. The Morgan fingerprint density at radius 3 is 1.51 bits per heavy atom. The van der Waals surface area contributed by atoms with Crippen LogP contribution >= 0.6 is 10.0 Å². The highest BCUT2D eigenvalue weighted by Gasteiger charge is 2.33. The third-order valence-electron chi connectivity index (χ3n) is 6.87. The Balaban J connectivity index is 1.66. The number of fused-ring (bicyclic) bond motifs is 1. The molecule has 0 atom stereocenters. The van der Waals surface area contributed by atoms with Gasteiger partial charge < -0.3 is 0 Å². The zero-order valence-electron chi connectivity index (χ0n) is 21.1. The van der Waals surface area contributed by atoms with Crippen molar-refractivity contribution in [2.24, 2.45) is 0 Å². The van der Waals surface area contributed by atoms with E-state index < -0.39 is 10.0 Å². The highest BCUT2D eigenvalue weighted by Crippen LogP contribution is 2.73. The lowest BCUT2D eigenvalue weighted by Crippen LogP contribution is -2.05. The number of aryl methyl sites for hydroxylation is 2. The Kier molecular flexibility index (Phi) is 6.12. The summed E-state index contributed by atoms with van der Waals surface area (Å²) in [5.74, 6) is 0. The zero-order valence-corrected chi connectivity index (χ0v) is 22.0. The van der Waals surface area contributed by atoms with Gasteiger partial charge in [-0.2, -0.15) is 0 Å². The van der Waals surface area contributed by atoms with Gasteiger partial charge in [-0.1, -0.05) is 77.9 Å². The Morgan fingerprint density at radius 1 is 0.486 bits per heavy atom. The third-order valence-corrected chi connectivity index (χ3v) is 10.8.